The number of carbonyl (C=O) groups excluding carboxylic acids is 1. The van der Waals surface area contributed by atoms with Gasteiger partial charge in [-0.15, -0.1) is 0 Å². The average Bonchev–Trinajstić information content (AvgIpc) is 3.12. The van der Waals surface area contributed by atoms with Crippen LogP contribution < -0.4 is 5.32 Å². The minimum atomic E-state index is -0.197. The summed E-state index contributed by atoms with van der Waals surface area (Å²) in [7, 11) is 0. The standard InChI is InChI=1S/C19H24FN3O/c1-15(23-10-2-3-11-23)19(24)21-18-8-12-22(13-9-18)14-16-4-6-17(20)7-5-16/h2-7,10-11,15,18H,8-9,12-14H2,1H3,(H,21,24)/t15-/m1/s1. The topological polar surface area (TPSA) is 37.3 Å². The fourth-order valence-electron chi connectivity index (χ4n) is 3.15. The molecule has 128 valence electrons. The Kier molecular flexibility index (Phi) is 5.30. The van der Waals surface area contributed by atoms with Crippen LogP contribution in [0.5, 0.6) is 0 Å². The molecular formula is C19H24FN3O. The predicted octanol–water partition coefficient (Wildman–Crippen LogP) is 2.97. The summed E-state index contributed by atoms with van der Waals surface area (Å²) in [6.45, 7) is 4.64. The zero-order valence-corrected chi connectivity index (χ0v) is 14.0. The van der Waals surface area contributed by atoms with Crippen LogP contribution in [-0.2, 0) is 11.3 Å². The molecule has 2 aromatic rings. The Hall–Kier alpha value is -2.14. The van der Waals surface area contributed by atoms with E-state index in [0.29, 0.717) is 0 Å². The van der Waals surface area contributed by atoms with Gasteiger partial charge in [-0.3, -0.25) is 9.69 Å². The molecule has 0 spiro atoms. The molecule has 1 N–H and O–H groups in total. The van der Waals surface area contributed by atoms with Crippen LogP contribution in [0, 0.1) is 5.82 Å². The van der Waals surface area contributed by atoms with E-state index in [1.165, 1.54) is 12.1 Å². The summed E-state index contributed by atoms with van der Waals surface area (Å²) in [4.78, 5) is 14.7. The Morgan fingerprint density at radius 3 is 2.46 bits per heavy atom. The smallest absolute Gasteiger partial charge is 0.242 e. The molecule has 2 heterocycles. The minimum absolute atomic E-state index is 0.0724. The normalized spacial score (nSPS) is 17.6. The first-order valence-electron chi connectivity index (χ1n) is 8.51. The van der Waals surface area contributed by atoms with Crippen LogP contribution in [0.4, 0.5) is 4.39 Å². The summed E-state index contributed by atoms with van der Waals surface area (Å²) in [5.41, 5.74) is 1.13. The molecular weight excluding hydrogens is 305 g/mol. The second kappa shape index (κ2) is 7.62. The van der Waals surface area contributed by atoms with Crippen LogP contribution in [0.15, 0.2) is 48.8 Å². The van der Waals surface area contributed by atoms with Crippen LogP contribution in [-0.4, -0.2) is 34.5 Å². The van der Waals surface area contributed by atoms with Crippen molar-refractivity contribution < 1.29 is 9.18 Å². The molecule has 5 heteroatoms. The third kappa shape index (κ3) is 4.23. The number of hydrogen-bond acceptors (Lipinski definition) is 2. The lowest BCUT2D eigenvalue weighted by Crippen LogP contribution is -2.46. The van der Waals surface area contributed by atoms with E-state index in [4.69, 9.17) is 0 Å². The largest absolute Gasteiger partial charge is 0.351 e. The zero-order valence-electron chi connectivity index (χ0n) is 14.0. The highest BCUT2D eigenvalue weighted by molar-refractivity contribution is 5.80. The molecule has 1 aromatic heterocycles. The number of likely N-dealkylation sites (tertiary alicyclic amines) is 1. The Morgan fingerprint density at radius 1 is 1.21 bits per heavy atom. The lowest BCUT2D eigenvalue weighted by atomic mass is 10.0. The molecule has 0 unspecified atom stereocenters. The van der Waals surface area contributed by atoms with Crippen molar-refractivity contribution in [3.05, 3.63) is 60.2 Å². The summed E-state index contributed by atoms with van der Waals surface area (Å²) >= 11 is 0. The number of benzene rings is 1. The van der Waals surface area contributed by atoms with Gasteiger partial charge in [0.1, 0.15) is 11.9 Å². The van der Waals surface area contributed by atoms with Gasteiger partial charge in [-0.05, 0) is 49.6 Å². The first-order chi connectivity index (χ1) is 11.6. The van der Waals surface area contributed by atoms with Gasteiger partial charge in [0.15, 0.2) is 0 Å². The molecule has 0 bridgehead atoms. The highest BCUT2D eigenvalue weighted by Crippen LogP contribution is 2.15. The summed E-state index contributed by atoms with van der Waals surface area (Å²) in [6.07, 6.45) is 5.72. The van der Waals surface area contributed by atoms with Gasteiger partial charge < -0.3 is 9.88 Å². The van der Waals surface area contributed by atoms with Gasteiger partial charge in [-0.1, -0.05) is 12.1 Å². The van der Waals surface area contributed by atoms with Crippen molar-refractivity contribution in [1.29, 1.82) is 0 Å². The van der Waals surface area contributed by atoms with Gasteiger partial charge in [0.25, 0.3) is 0 Å². The number of amides is 1. The van der Waals surface area contributed by atoms with Crippen molar-refractivity contribution in [3.63, 3.8) is 0 Å². The number of nitrogens with zero attached hydrogens (tertiary/aromatic N) is 2. The highest BCUT2D eigenvalue weighted by atomic mass is 19.1. The third-order valence-corrected chi connectivity index (χ3v) is 4.71. The number of hydrogen-bond donors (Lipinski definition) is 1. The molecule has 1 saturated heterocycles. The van der Waals surface area contributed by atoms with E-state index in [0.717, 1.165) is 38.0 Å². The monoisotopic (exact) mass is 329 g/mol. The number of rotatable bonds is 5. The van der Waals surface area contributed by atoms with Crippen molar-refractivity contribution in [2.75, 3.05) is 13.1 Å². The van der Waals surface area contributed by atoms with E-state index in [1.54, 1.807) is 0 Å². The fourth-order valence-corrected chi connectivity index (χ4v) is 3.15. The lowest BCUT2D eigenvalue weighted by molar-refractivity contribution is -0.124. The molecule has 1 atom stereocenters. The Labute approximate surface area is 142 Å². The third-order valence-electron chi connectivity index (χ3n) is 4.71. The van der Waals surface area contributed by atoms with Crippen LogP contribution in [0.3, 0.4) is 0 Å². The van der Waals surface area contributed by atoms with Crippen molar-refractivity contribution >= 4 is 5.91 Å². The number of aromatic nitrogens is 1. The van der Waals surface area contributed by atoms with E-state index in [1.807, 2.05) is 48.1 Å². The lowest BCUT2D eigenvalue weighted by Gasteiger charge is -2.33. The number of piperidine rings is 1. The van der Waals surface area contributed by atoms with E-state index in [9.17, 15) is 9.18 Å². The van der Waals surface area contributed by atoms with Crippen molar-refractivity contribution in [2.45, 2.75) is 38.4 Å². The molecule has 1 aliphatic heterocycles. The Morgan fingerprint density at radius 2 is 1.83 bits per heavy atom. The van der Waals surface area contributed by atoms with Gasteiger partial charge in [0, 0.05) is 38.1 Å². The van der Waals surface area contributed by atoms with E-state index in [2.05, 4.69) is 10.2 Å². The second-order valence-corrected chi connectivity index (χ2v) is 6.49. The summed E-state index contributed by atoms with van der Waals surface area (Å²) in [5.74, 6) is -0.125. The predicted molar refractivity (Wildman–Crippen MR) is 92.0 cm³/mol. The number of nitrogens with one attached hydrogen (secondary N) is 1. The maximum absolute atomic E-state index is 12.9. The quantitative estimate of drug-likeness (QED) is 0.916. The van der Waals surface area contributed by atoms with Crippen LogP contribution in [0.2, 0.25) is 0 Å². The fraction of sp³-hybridized carbons (Fsp3) is 0.421. The van der Waals surface area contributed by atoms with Crippen molar-refractivity contribution in [2.24, 2.45) is 0 Å². The maximum atomic E-state index is 12.9. The van der Waals surface area contributed by atoms with Crippen LogP contribution in [0.1, 0.15) is 31.4 Å². The molecule has 0 saturated carbocycles. The van der Waals surface area contributed by atoms with Gasteiger partial charge in [-0.25, -0.2) is 4.39 Å². The van der Waals surface area contributed by atoms with E-state index < -0.39 is 0 Å². The molecule has 1 aromatic carbocycles. The van der Waals surface area contributed by atoms with Gasteiger partial charge in [-0.2, -0.15) is 0 Å². The zero-order chi connectivity index (χ0) is 16.9. The average molecular weight is 329 g/mol. The summed E-state index contributed by atoms with van der Waals surface area (Å²) in [5, 5.41) is 3.16. The second-order valence-electron chi connectivity index (χ2n) is 6.49. The molecule has 0 radical (unpaired) electrons. The Bertz CT molecular complexity index is 646. The van der Waals surface area contributed by atoms with Crippen LogP contribution in [0.25, 0.3) is 0 Å². The molecule has 24 heavy (non-hydrogen) atoms. The number of halogens is 1. The summed E-state index contributed by atoms with van der Waals surface area (Å²) in [6, 6.07) is 10.6. The molecule has 1 amide bonds. The molecule has 3 rings (SSSR count). The minimum Gasteiger partial charge on any atom is -0.351 e. The van der Waals surface area contributed by atoms with Crippen molar-refractivity contribution in [3.8, 4) is 0 Å². The molecule has 1 fully saturated rings. The molecule has 0 aliphatic carbocycles. The molecule has 1 aliphatic rings. The molecule has 4 nitrogen and oxygen atoms in total. The van der Waals surface area contributed by atoms with E-state index >= 15 is 0 Å². The van der Waals surface area contributed by atoms with Gasteiger partial charge in [0.2, 0.25) is 5.91 Å². The maximum Gasteiger partial charge on any atom is 0.242 e. The van der Waals surface area contributed by atoms with E-state index in [-0.39, 0.29) is 23.8 Å². The van der Waals surface area contributed by atoms with Gasteiger partial charge >= 0.3 is 0 Å². The SMILES string of the molecule is C[C@H](C(=O)NC1CCN(Cc2ccc(F)cc2)CC1)n1cccc1. The van der Waals surface area contributed by atoms with Gasteiger partial charge in [0.05, 0.1) is 0 Å². The first-order valence-corrected chi connectivity index (χ1v) is 8.51. The van der Waals surface area contributed by atoms with Crippen LogP contribution >= 0.6 is 0 Å². The highest BCUT2D eigenvalue weighted by Gasteiger charge is 2.23. The first kappa shape index (κ1) is 16.7. The number of carbonyl (C=O) groups is 1. The summed E-state index contributed by atoms with van der Waals surface area (Å²) < 4.78 is 14.9. The van der Waals surface area contributed by atoms with Crippen molar-refractivity contribution in [1.82, 2.24) is 14.8 Å². The Balaban J connectivity index is 1.45.